The van der Waals surface area contributed by atoms with Crippen LogP contribution in [0.4, 0.5) is 5.69 Å². The predicted molar refractivity (Wildman–Crippen MR) is 147 cm³/mol. The number of nitrogens with two attached hydrogens (primary N) is 3. The van der Waals surface area contributed by atoms with Crippen LogP contribution in [0.5, 0.6) is 0 Å². The largest absolute Gasteiger partial charge is 0.462 e. The minimum absolute atomic E-state index is 0.0572. The number of methoxy groups -OCH3 is 1. The van der Waals surface area contributed by atoms with E-state index in [0.717, 1.165) is 6.54 Å². The second-order valence-corrected chi connectivity index (χ2v) is 9.60. The number of anilines is 1. The fourth-order valence-corrected chi connectivity index (χ4v) is 3.95. The molecule has 16 nitrogen and oxygen atoms in total. The normalized spacial score (nSPS) is 15.6. The van der Waals surface area contributed by atoms with Gasteiger partial charge in [-0.25, -0.2) is 4.79 Å². The first kappa shape index (κ1) is 29.8. The molecule has 4 heterocycles. The number of carbonyl (C=O) groups is 5. The molecule has 0 saturated carbocycles. The van der Waals surface area contributed by atoms with Crippen LogP contribution < -0.4 is 37.2 Å². The SMILES string of the molecule is COC(=O)C1=CC(NC(=O)C2=CC(NC(=O)C3=NC(NC(=O)c4cc(NC(=O)CCCN(C)C)c[nH]4)=C[NH2+]3)=C[NH2+]2)=C[NH2+]1. The lowest BCUT2D eigenvalue weighted by atomic mass is 10.3. The number of aromatic amines is 1. The van der Waals surface area contributed by atoms with Gasteiger partial charge in [0.15, 0.2) is 5.82 Å². The molecule has 4 rings (SSSR count). The standard InChI is InChI=1S/C26H30N10O6/c1-36(2)6-4-5-21(37)31-14-7-18(27-10-14)24(39)35-20-13-30-22(34-20)25(40)33-15-8-17(28-11-15)23(38)32-16-9-19(29-12-16)26(41)42-3/h7-13,27-29H,4-6H2,1-3H3,(H,30,34)(H,31,37)(H,32,38)(H,33,40)(H,35,39)/p+3. The Morgan fingerprint density at radius 2 is 1.57 bits per heavy atom. The summed E-state index contributed by atoms with van der Waals surface area (Å²) in [6.45, 7) is 0.795. The maximum atomic E-state index is 12.7. The van der Waals surface area contributed by atoms with Crippen LogP contribution in [0.1, 0.15) is 23.3 Å². The summed E-state index contributed by atoms with van der Waals surface area (Å²) < 4.78 is 4.65. The lowest BCUT2D eigenvalue weighted by Crippen LogP contribution is -2.84. The maximum Gasteiger partial charge on any atom is 0.392 e. The van der Waals surface area contributed by atoms with E-state index >= 15 is 0 Å². The molecule has 0 fully saturated rings. The van der Waals surface area contributed by atoms with Gasteiger partial charge in [0.05, 0.1) is 12.8 Å². The number of H-pyrrole nitrogens is 1. The van der Waals surface area contributed by atoms with Gasteiger partial charge in [-0.15, -0.1) is 0 Å². The Hall–Kier alpha value is -5.16. The number of ether oxygens (including phenoxy) is 1. The molecule has 0 spiro atoms. The third-order valence-electron chi connectivity index (χ3n) is 6.04. The molecule has 4 amide bonds. The summed E-state index contributed by atoms with van der Waals surface area (Å²) in [4.78, 5) is 70.5. The Morgan fingerprint density at radius 1 is 0.881 bits per heavy atom. The number of amides is 4. The summed E-state index contributed by atoms with van der Waals surface area (Å²) in [6.07, 6.45) is 10.2. The molecule has 0 bridgehead atoms. The molecule has 16 heteroatoms. The minimum atomic E-state index is -0.536. The van der Waals surface area contributed by atoms with Crippen molar-refractivity contribution in [2.24, 2.45) is 4.99 Å². The van der Waals surface area contributed by atoms with E-state index in [1.807, 2.05) is 19.0 Å². The van der Waals surface area contributed by atoms with Crippen molar-refractivity contribution >= 4 is 41.1 Å². The Bertz CT molecular complexity index is 1490. The van der Waals surface area contributed by atoms with Crippen LogP contribution in [0, 0.1) is 0 Å². The summed E-state index contributed by atoms with van der Waals surface area (Å²) in [6, 6.07) is 1.51. The number of quaternary nitrogens is 3. The molecule has 0 saturated heterocycles. The van der Waals surface area contributed by atoms with Gasteiger partial charge >= 0.3 is 17.8 Å². The number of aromatic nitrogens is 1. The Balaban J connectivity index is 1.23. The molecular formula is C26H33N10O6+3. The van der Waals surface area contributed by atoms with E-state index in [1.54, 1.807) is 12.4 Å². The molecule has 1 aromatic rings. The van der Waals surface area contributed by atoms with Crippen LogP contribution in [-0.4, -0.2) is 73.1 Å². The molecule has 42 heavy (non-hydrogen) atoms. The Kier molecular flexibility index (Phi) is 9.56. The van der Waals surface area contributed by atoms with Gasteiger partial charge in [-0.05, 0) is 33.1 Å². The van der Waals surface area contributed by atoms with E-state index < -0.39 is 23.7 Å². The first-order valence-electron chi connectivity index (χ1n) is 12.9. The number of hydrogen-bond acceptors (Lipinski definition) is 8. The molecule has 0 aliphatic carbocycles. The molecule has 0 radical (unpaired) electrons. The molecule has 1 aromatic heterocycles. The molecule has 0 atom stereocenters. The summed E-state index contributed by atoms with van der Waals surface area (Å²) in [7, 11) is 5.14. The number of carbonyl (C=O) groups excluding carboxylic acids is 5. The number of nitrogens with one attached hydrogen (secondary N) is 5. The van der Waals surface area contributed by atoms with E-state index in [-0.39, 0.29) is 23.3 Å². The van der Waals surface area contributed by atoms with Crippen molar-refractivity contribution in [1.29, 1.82) is 0 Å². The molecular weight excluding hydrogens is 548 g/mol. The van der Waals surface area contributed by atoms with E-state index in [1.165, 1.54) is 53.7 Å². The number of esters is 1. The van der Waals surface area contributed by atoms with Crippen molar-refractivity contribution in [3.63, 3.8) is 0 Å². The van der Waals surface area contributed by atoms with Crippen LogP contribution in [0.3, 0.4) is 0 Å². The number of allylic oxidation sites excluding steroid dienone is 2. The number of rotatable bonds is 12. The fraction of sp³-hybridized carbons (Fsp3) is 0.231. The first-order valence-corrected chi connectivity index (χ1v) is 12.9. The van der Waals surface area contributed by atoms with Gasteiger partial charge in [-0.1, -0.05) is 0 Å². The summed E-state index contributed by atoms with van der Waals surface area (Å²) in [5.41, 5.74) is 2.09. The van der Waals surface area contributed by atoms with E-state index in [2.05, 4.69) is 36.0 Å². The van der Waals surface area contributed by atoms with Gasteiger partial charge in [-0.3, -0.25) is 35.1 Å². The first-order chi connectivity index (χ1) is 20.1. The zero-order chi connectivity index (χ0) is 30.2. The van der Waals surface area contributed by atoms with Crippen LogP contribution in [0.2, 0.25) is 0 Å². The Morgan fingerprint density at radius 3 is 2.29 bits per heavy atom. The van der Waals surface area contributed by atoms with Crippen LogP contribution in [0.15, 0.2) is 76.6 Å². The van der Waals surface area contributed by atoms with Crippen LogP contribution in [0.25, 0.3) is 0 Å². The summed E-state index contributed by atoms with van der Waals surface area (Å²) in [5, 5.41) is 15.2. The van der Waals surface area contributed by atoms with Crippen LogP contribution in [-0.2, 0) is 23.9 Å². The summed E-state index contributed by atoms with van der Waals surface area (Å²) in [5.74, 6) is -1.90. The van der Waals surface area contributed by atoms with Gasteiger partial charge in [-0.2, -0.15) is 4.99 Å². The maximum absolute atomic E-state index is 12.7. The van der Waals surface area contributed by atoms with E-state index in [0.29, 0.717) is 41.3 Å². The molecule has 0 unspecified atom stereocenters. The summed E-state index contributed by atoms with van der Waals surface area (Å²) >= 11 is 0. The second-order valence-electron chi connectivity index (χ2n) is 9.60. The van der Waals surface area contributed by atoms with Crippen LogP contribution >= 0.6 is 0 Å². The minimum Gasteiger partial charge on any atom is -0.462 e. The third kappa shape index (κ3) is 7.95. The molecule has 11 N–H and O–H groups in total. The molecule has 0 aromatic carbocycles. The predicted octanol–water partition coefficient (Wildman–Crippen LogP) is -4.19. The van der Waals surface area contributed by atoms with Crippen molar-refractivity contribution in [2.75, 3.05) is 33.1 Å². The van der Waals surface area contributed by atoms with Gasteiger partial charge in [0.25, 0.3) is 11.7 Å². The van der Waals surface area contributed by atoms with E-state index in [4.69, 9.17) is 0 Å². The van der Waals surface area contributed by atoms with Crippen molar-refractivity contribution in [3.8, 4) is 0 Å². The number of amidine groups is 1. The molecule has 3 aliphatic rings. The van der Waals surface area contributed by atoms with Gasteiger partial charge < -0.3 is 35.9 Å². The number of nitrogens with zero attached hydrogens (tertiary/aromatic N) is 2. The highest BCUT2D eigenvalue weighted by atomic mass is 16.5. The third-order valence-corrected chi connectivity index (χ3v) is 6.04. The topological polar surface area (TPSA) is 224 Å². The average Bonchev–Trinajstić information content (AvgIpc) is 3.75. The quantitative estimate of drug-likeness (QED) is 0.114. The highest BCUT2D eigenvalue weighted by molar-refractivity contribution is 6.34. The van der Waals surface area contributed by atoms with Crippen molar-refractivity contribution in [3.05, 3.63) is 77.3 Å². The average molecular weight is 582 g/mol. The monoisotopic (exact) mass is 581 g/mol. The number of hydrogen-bond donors (Lipinski definition) is 8. The van der Waals surface area contributed by atoms with Crippen molar-refractivity contribution < 1.29 is 44.7 Å². The van der Waals surface area contributed by atoms with Gasteiger partial charge in [0.2, 0.25) is 17.3 Å². The molecule has 3 aliphatic heterocycles. The number of aliphatic imine (C=N–C) groups is 1. The van der Waals surface area contributed by atoms with Crippen molar-refractivity contribution in [1.82, 2.24) is 25.8 Å². The molecule has 220 valence electrons. The van der Waals surface area contributed by atoms with E-state index in [9.17, 15) is 24.0 Å². The Labute approximate surface area is 240 Å². The lowest BCUT2D eigenvalue weighted by Gasteiger charge is -2.08. The highest BCUT2D eigenvalue weighted by Crippen LogP contribution is 2.11. The smallest absolute Gasteiger partial charge is 0.392 e. The second kappa shape index (κ2) is 13.5. The highest BCUT2D eigenvalue weighted by Gasteiger charge is 2.28. The van der Waals surface area contributed by atoms with Gasteiger partial charge in [0, 0.05) is 24.8 Å². The zero-order valence-corrected chi connectivity index (χ0v) is 23.2. The van der Waals surface area contributed by atoms with Crippen molar-refractivity contribution in [2.45, 2.75) is 12.8 Å². The zero-order valence-electron chi connectivity index (χ0n) is 23.2. The van der Waals surface area contributed by atoms with Gasteiger partial charge in [0.1, 0.15) is 35.7 Å². The fourth-order valence-electron chi connectivity index (χ4n) is 3.95. The lowest BCUT2D eigenvalue weighted by molar-refractivity contribution is -0.526.